The van der Waals surface area contributed by atoms with E-state index in [1.54, 1.807) is 24.4 Å². The van der Waals surface area contributed by atoms with E-state index in [9.17, 15) is 9.18 Å². The van der Waals surface area contributed by atoms with Gasteiger partial charge in [0, 0.05) is 18.2 Å². The fraction of sp³-hybridized carbons (Fsp3) is 0.412. The third-order valence-corrected chi connectivity index (χ3v) is 5.84. The lowest BCUT2D eigenvalue weighted by Gasteiger charge is -2.44. The van der Waals surface area contributed by atoms with Crippen LogP contribution in [0.2, 0.25) is 0 Å². The number of amides is 1. The van der Waals surface area contributed by atoms with Crippen LogP contribution in [-0.4, -0.2) is 41.5 Å². The number of carbonyl (C=O) groups is 1. The van der Waals surface area contributed by atoms with Gasteiger partial charge in [-0.2, -0.15) is 0 Å². The quantitative estimate of drug-likeness (QED) is 0.941. The van der Waals surface area contributed by atoms with Crippen molar-refractivity contribution < 1.29 is 9.18 Å². The van der Waals surface area contributed by atoms with Crippen molar-refractivity contribution in [2.24, 2.45) is 5.92 Å². The highest BCUT2D eigenvalue weighted by Gasteiger charge is 2.35. The zero-order valence-electron chi connectivity index (χ0n) is 12.7. The second kappa shape index (κ2) is 6.02. The molecule has 3 saturated heterocycles. The van der Waals surface area contributed by atoms with Crippen LogP contribution < -0.4 is 5.32 Å². The van der Waals surface area contributed by atoms with Crippen LogP contribution in [0.15, 0.2) is 30.5 Å². The summed E-state index contributed by atoms with van der Waals surface area (Å²) in [7, 11) is 0. The second-order valence-corrected chi connectivity index (χ2v) is 7.26. The normalized spacial score (nSPS) is 26.2. The molecule has 1 amide bonds. The molecule has 4 heterocycles. The monoisotopic (exact) mass is 331 g/mol. The summed E-state index contributed by atoms with van der Waals surface area (Å²) in [5, 5.41) is 3.69. The predicted molar refractivity (Wildman–Crippen MR) is 87.9 cm³/mol. The Balaban J connectivity index is 1.48. The molecular formula is C17H18FN3OS. The van der Waals surface area contributed by atoms with Crippen molar-refractivity contribution in [2.45, 2.75) is 18.9 Å². The number of halogens is 1. The number of hydrogen-bond donors (Lipinski definition) is 1. The fourth-order valence-electron chi connectivity index (χ4n) is 3.51. The Morgan fingerprint density at radius 2 is 2.09 bits per heavy atom. The third kappa shape index (κ3) is 2.88. The molecule has 3 aliphatic heterocycles. The Bertz CT molecular complexity index is 724. The van der Waals surface area contributed by atoms with Gasteiger partial charge in [0.05, 0.1) is 6.20 Å². The van der Waals surface area contributed by atoms with E-state index in [4.69, 9.17) is 0 Å². The van der Waals surface area contributed by atoms with Gasteiger partial charge >= 0.3 is 0 Å². The SMILES string of the molecule is O=C(N[C@H]1CN2CCC1CC2)c1cnc(-c2ccccc2F)s1. The Morgan fingerprint density at radius 3 is 2.78 bits per heavy atom. The molecular weight excluding hydrogens is 313 g/mol. The van der Waals surface area contributed by atoms with Crippen LogP contribution in [0.5, 0.6) is 0 Å². The Kier molecular flexibility index (Phi) is 3.87. The van der Waals surface area contributed by atoms with Gasteiger partial charge in [-0.1, -0.05) is 12.1 Å². The Labute approximate surface area is 138 Å². The maximum absolute atomic E-state index is 13.8. The highest BCUT2D eigenvalue weighted by molar-refractivity contribution is 7.16. The standard InChI is InChI=1S/C17H18FN3OS/c18-13-4-2-1-3-12(13)17-19-9-15(23-17)16(22)20-14-10-21-7-5-11(14)6-8-21/h1-4,9,11,14H,5-8,10H2,(H,20,22)/t14-/m0/s1. The minimum absolute atomic E-state index is 0.0937. The van der Waals surface area contributed by atoms with Crippen LogP contribution in [0.4, 0.5) is 4.39 Å². The van der Waals surface area contributed by atoms with Crippen LogP contribution in [0.25, 0.3) is 10.6 Å². The van der Waals surface area contributed by atoms with Gasteiger partial charge in [-0.05, 0) is 44.0 Å². The molecule has 4 nitrogen and oxygen atoms in total. The van der Waals surface area contributed by atoms with Gasteiger partial charge in [0.15, 0.2) is 0 Å². The molecule has 1 N–H and O–H groups in total. The summed E-state index contributed by atoms with van der Waals surface area (Å²) in [6.07, 6.45) is 3.87. The molecule has 1 atom stereocenters. The summed E-state index contributed by atoms with van der Waals surface area (Å²) >= 11 is 1.24. The molecule has 2 bridgehead atoms. The number of fused-ring (bicyclic) bond motifs is 3. The Morgan fingerprint density at radius 1 is 1.30 bits per heavy atom. The largest absolute Gasteiger partial charge is 0.347 e. The van der Waals surface area contributed by atoms with Gasteiger partial charge in [-0.25, -0.2) is 9.37 Å². The first kappa shape index (κ1) is 14.8. The number of thiazole rings is 1. The third-order valence-electron chi connectivity index (χ3n) is 4.81. The topological polar surface area (TPSA) is 45.2 Å². The van der Waals surface area contributed by atoms with Gasteiger partial charge < -0.3 is 10.2 Å². The van der Waals surface area contributed by atoms with Crippen molar-refractivity contribution in [2.75, 3.05) is 19.6 Å². The number of nitrogens with zero attached hydrogens (tertiary/aromatic N) is 2. The van der Waals surface area contributed by atoms with E-state index in [1.807, 2.05) is 0 Å². The van der Waals surface area contributed by atoms with Crippen LogP contribution in [0, 0.1) is 11.7 Å². The second-order valence-electron chi connectivity index (χ2n) is 6.23. The average molecular weight is 331 g/mol. The van der Waals surface area contributed by atoms with Crippen LogP contribution in [0.1, 0.15) is 22.5 Å². The summed E-state index contributed by atoms with van der Waals surface area (Å²) < 4.78 is 13.8. The molecule has 6 heteroatoms. The zero-order valence-corrected chi connectivity index (χ0v) is 13.5. The number of benzene rings is 1. The first-order valence-corrected chi connectivity index (χ1v) is 8.76. The van der Waals surface area contributed by atoms with E-state index in [0.717, 1.165) is 32.5 Å². The van der Waals surface area contributed by atoms with Crippen molar-refractivity contribution >= 4 is 17.2 Å². The molecule has 0 aliphatic carbocycles. The number of piperidine rings is 3. The molecule has 1 aromatic heterocycles. The summed E-state index contributed by atoms with van der Waals surface area (Å²) in [5.41, 5.74) is 0.444. The van der Waals surface area contributed by atoms with E-state index in [-0.39, 0.29) is 17.8 Å². The van der Waals surface area contributed by atoms with Gasteiger partial charge in [-0.3, -0.25) is 4.79 Å². The van der Waals surface area contributed by atoms with Crippen molar-refractivity contribution in [1.82, 2.24) is 15.2 Å². The average Bonchev–Trinajstić information content (AvgIpc) is 3.06. The fourth-order valence-corrected chi connectivity index (χ4v) is 4.35. The molecule has 3 aliphatic rings. The van der Waals surface area contributed by atoms with Crippen molar-refractivity contribution in [3.05, 3.63) is 41.2 Å². The first-order valence-electron chi connectivity index (χ1n) is 7.94. The summed E-state index contributed by atoms with van der Waals surface area (Å²) in [5.74, 6) is 0.179. The van der Waals surface area contributed by atoms with Gasteiger partial charge in [0.1, 0.15) is 15.7 Å². The maximum atomic E-state index is 13.8. The van der Waals surface area contributed by atoms with E-state index < -0.39 is 0 Å². The molecule has 0 spiro atoms. The van der Waals surface area contributed by atoms with Gasteiger partial charge in [-0.15, -0.1) is 11.3 Å². The molecule has 0 unspecified atom stereocenters. The molecule has 0 radical (unpaired) electrons. The molecule has 2 aromatic rings. The van der Waals surface area contributed by atoms with E-state index in [0.29, 0.717) is 21.4 Å². The number of hydrogen-bond acceptors (Lipinski definition) is 4. The van der Waals surface area contributed by atoms with Gasteiger partial charge in [0.2, 0.25) is 0 Å². The smallest absolute Gasteiger partial charge is 0.263 e. The summed E-state index contributed by atoms with van der Waals surface area (Å²) in [6.45, 7) is 3.24. The maximum Gasteiger partial charge on any atom is 0.263 e. The highest BCUT2D eigenvalue weighted by atomic mass is 32.1. The number of nitrogens with one attached hydrogen (secondary N) is 1. The number of rotatable bonds is 3. The van der Waals surface area contributed by atoms with Crippen LogP contribution in [0.3, 0.4) is 0 Å². The van der Waals surface area contributed by atoms with Crippen LogP contribution in [-0.2, 0) is 0 Å². The molecule has 120 valence electrons. The van der Waals surface area contributed by atoms with Crippen molar-refractivity contribution in [3.63, 3.8) is 0 Å². The number of carbonyl (C=O) groups excluding carboxylic acids is 1. The van der Waals surface area contributed by atoms with Crippen LogP contribution >= 0.6 is 11.3 Å². The van der Waals surface area contributed by atoms with Crippen molar-refractivity contribution in [3.8, 4) is 10.6 Å². The minimum Gasteiger partial charge on any atom is -0.347 e. The lowest BCUT2D eigenvalue weighted by atomic mass is 9.84. The van der Waals surface area contributed by atoms with Crippen molar-refractivity contribution in [1.29, 1.82) is 0 Å². The summed E-state index contributed by atoms with van der Waals surface area (Å²) in [4.78, 5) is 19.6. The van der Waals surface area contributed by atoms with E-state index >= 15 is 0 Å². The number of aromatic nitrogens is 1. The summed E-state index contributed by atoms with van der Waals surface area (Å²) in [6, 6.07) is 6.73. The zero-order chi connectivity index (χ0) is 15.8. The molecule has 0 saturated carbocycles. The molecule has 3 fully saturated rings. The molecule has 5 rings (SSSR count). The van der Waals surface area contributed by atoms with E-state index in [2.05, 4.69) is 15.2 Å². The Hall–Kier alpha value is -1.79. The minimum atomic E-state index is -0.314. The van der Waals surface area contributed by atoms with Gasteiger partial charge in [0.25, 0.3) is 5.91 Å². The van der Waals surface area contributed by atoms with E-state index in [1.165, 1.54) is 17.4 Å². The molecule has 23 heavy (non-hydrogen) atoms. The predicted octanol–water partition coefficient (Wildman–Crippen LogP) is 2.77. The first-order chi connectivity index (χ1) is 11.2. The lowest BCUT2D eigenvalue weighted by molar-refractivity contribution is 0.0622. The lowest BCUT2D eigenvalue weighted by Crippen LogP contribution is -2.57. The molecule has 1 aromatic carbocycles. The highest BCUT2D eigenvalue weighted by Crippen LogP contribution is 2.29.